The van der Waals surface area contributed by atoms with Crippen LogP contribution in [-0.4, -0.2) is 0 Å². The molecule has 55 heavy (non-hydrogen) atoms. The van der Waals surface area contributed by atoms with Crippen LogP contribution in [0, 0.1) is 0 Å². The van der Waals surface area contributed by atoms with E-state index in [1.54, 1.807) is 0 Å². The molecule has 0 bridgehead atoms. The predicted molar refractivity (Wildman–Crippen MR) is 235 cm³/mol. The van der Waals surface area contributed by atoms with Gasteiger partial charge in [0.2, 0.25) is 0 Å². The van der Waals surface area contributed by atoms with Crippen molar-refractivity contribution < 1.29 is 4.42 Å². The average Bonchev–Trinajstić information content (AvgIpc) is 3.83. The summed E-state index contributed by atoms with van der Waals surface area (Å²) in [6.07, 6.45) is 0. The SMILES string of the molecule is c1ccc(-c2ccccc2-c2ccc3c(oc4ccccc43)c2N(c2ccc(-c3ccc4ccccc4c3)cc2)c2ccc3sc4ccccc4c3c2)cc1. The molecule has 0 aliphatic rings. The third-order valence-electron chi connectivity index (χ3n) is 10.9. The van der Waals surface area contributed by atoms with Crippen molar-refractivity contribution in [3.8, 4) is 33.4 Å². The second kappa shape index (κ2) is 12.9. The number of hydrogen-bond acceptors (Lipinski definition) is 3. The molecule has 0 saturated carbocycles. The summed E-state index contributed by atoms with van der Waals surface area (Å²) in [5, 5.41) is 7.19. The third kappa shape index (κ3) is 5.32. The molecule has 0 atom stereocenters. The fraction of sp³-hybridized carbons (Fsp3) is 0. The molecule has 0 radical (unpaired) electrons. The summed E-state index contributed by atoms with van der Waals surface area (Å²) >= 11 is 1.84. The number of para-hydroxylation sites is 1. The average molecular weight is 720 g/mol. The van der Waals surface area contributed by atoms with Gasteiger partial charge in [0.15, 0.2) is 5.58 Å². The first kappa shape index (κ1) is 31.6. The highest BCUT2D eigenvalue weighted by Gasteiger charge is 2.26. The molecule has 9 aromatic carbocycles. The van der Waals surface area contributed by atoms with E-state index in [2.05, 4.69) is 205 Å². The molecular formula is C52H33NOS. The van der Waals surface area contributed by atoms with E-state index in [9.17, 15) is 0 Å². The van der Waals surface area contributed by atoms with Crippen LogP contribution in [0.4, 0.5) is 17.1 Å². The summed E-state index contributed by atoms with van der Waals surface area (Å²) in [4.78, 5) is 2.41. The first-order valence-electron chi connectivity index (χ1n) is 18.7. The molecule has 0 spiro atoms. The highest BCUT2D eigenvalue weighted by Crippen LogP contribution is 2.50. The van der Waals surface area contributed by atoms with Crippen LogP contribution in [0.5, 0.6) is 0 Å². The molecule has 0 amide bonds. The molecule has 11 rings (SSSR count). The van der Waals surface area contributed by atoms with Crippen LogP contribution in [0.25, 0.3) is 86.3 Å². The van der Waals surface area contributed by atoms with Gasteiger partial charge in [0.05, 0.1) is 5.69 Å². The summed E-state index contributed by atoms with van der Waals surface area (Å²) < 4.78 is 9.51. The number of benzene rings is 9. The van der Waals surface area contributed by atoms with E-state index in [4.69, 9.17) is 4.42 Å². The Kier molecular flexibility index (Phi) is 7.39. The summed E-state index contributed by atoms with van der Waals surface area (Å²) in [7, 11) is 0. The largest absolute Gasteiger partial charge is 0.454 e. The highest BCUT2D eigenvalue weighted by atomic mass is 32.1. The van der Waals surface area contributed by atoms with Crippen LogP contribution < -0.4 is 4.90 Å². The molecule has 258 valence electrons. The molecule has 2 nitrogen and oxygen atoms in total. The van der Waals surface area contributed by atoms with Crippen LogP contribution in [0.3, 0.4) is 0 Å². The van der Waals surface area contributed by atoms with Crippen LogP contribution in [-0.2, 0) is 0 Å². The molecule has 0 aliphatic carbocycles. The van der Waals surface area contributed by atoms with E-state index < -0.39 is 0 Å². The van der Waals surface area contributed by atoms with Gasteiger partial charge in [-0.25, -0.2) is 0 Å². The maximum Gasteiger partial charge on any atom is 0.160 e. The second-order valence-electron chi connectivity index (χ2n) is 14.1. The van der Waals surface area contributed by atoms with Crippen molar-refractivity contribution in [2.75, 3.05) is 4.90 Å². The zero-order valence-electron chi connectivity index (χ0n) is 29.8. The Labute approximate surface area is 322 Å². The van der Waals surface area contributed by atoms with Crippen molar-refractivity contribution in [3.63, 3.8) is 0 Å². The van der Waals surface area contributed by atoms with Crippen molar-refractivity contribution in [2.24, 2.45) is 0 Å². The lowest BCUT2D eigenvalue weighted by molar-refractivity contribution is 0.669. The van der Waals surface area contributed by atoms with E-state index in [1.807, 2.05) is 11.3 Å². The minimum absolute atomic E-state index is 0.857. The fourth-order valence-electron chi connectivity index (χ4n) is 8.23. The smallest absolute Gasteiger partial charge is 0.160 e. The molecule has 11 aromatic rings. The topological polar surface area (TPSA) is 16.4 Å². The number of furan rings is 1. The second-order valence-corrected chi connectivity index (χ2v) is 15.2. The summed E-state index contributed by atoms with van der Waals surface area (Å²) in [6, 6.07) is 72.2. The number of rotatable bonds is 6. The van der Waals surface area contributed by atoms with Gasteiger partial charge in [-0.05, 0) is 93.2 Å². The molecule has 0 fully saturated rings. The Hall–Kier alpha value is -6.94. The van der Waals surface area contributed by atoms with Crippen molar-refractivity contribution in [1.82, 2.24) is 0 Å². The standard InChI is InChI=1S/C52H33NOS/c1-2-13-36(14-3-1)41-16-6-7-17-42(41)45-29-30-46-43-18-8-10-20-48(43)54-52(46)51(45)53(40-28-31-50-47(33-40)44-19-9-11-21-49(44)55-50)39-26-24-35(25-27-39)38-23-22-34-12-4-5-15-37(34)32-38/h1-33H. The van der Waals surface area contributed by atoms with E-state index in [0.717, 1.165) is 50.1 Å². The van der Waals surface area contributed by atoms with Gasteiger partial charge in [-0.1, -0.05) is 146 Å². The Morgan fingerprint density at radius 1 is 0.364 bits per heavy atom. The molecular weight excluding hydrogens is 687 g/mol. The zero-order chi connectivity index (χ0) is 36.3. The molecule has 0 N–H and O–H groups in total. The van der Waals surface area contributed by atoms with E-state index in [-0.39, 0.29) is 0 Å². The minimum atomic E-state index is 0.857. The highest BCUT2D eigenvalue weighted by molar-refractivity contribution is 7.25. The number of hydrogen-bond donors (Lipinski definition) is 0. The Balaban J connectivity index is 1.20. The van der Waals surface area contributed by atoms with Crippen molar-refractivity contribution in [1.29, 1.82) is 0 Å². The molecule has 0 aliphatic heterocycles. The van der Waals surface area contributed by atoms with Crippen LogP contribution in [0.1, 0.15) is 0 Å². The lowest BCUT2D eigenvalue weighted by atomic mass is 9.92. The fourth-order valence-corrected chi connectivity index (χ4v) is 9.32. The van der Waals surface area contributed by atoms with Gasteiger partial charge in [-0.3, -0.25) is 0 Å². The van der Waals surface area contributed by atoms with Crippen molar-refractivity contribution in [3.05, 3.63) is 200 Å². The molecule has 3 heteroatoms. The Morgan fingerprint density at radius 2 is 1.04 bits per heavy atom. The van der Waals surface area contributed by atoms with Gasteiger partial charge >= 0.3 is 0 Å². The van der Waals surface area contributed by atoms with Crippen LogP contribution in [0.2, 0.25) is 0 Å². The normalized spacial score (nSPS) is 11.6. The Bertz CT molecular complexity index is 3210. The van der Waals surface area contributed by atoms with E-state index >= 15 is 0 Å². The number of anilines is 3. The third-order valence-corrected chi connectivity index (χ3v) is 12.0. The molecule has 2 aromatic heterocycles. The van der Waals surface area contributed by atoms with Crippen LogP contribution in [0.15, 0.2) is 205 Å². The number of thiophene rings is 1. The maximum absolute atomic E-state index is 6.95. The van der Waals surface area contributed by atoms with Gasteiger partial charge in [0, 0.05) is 47.9 Å². The maximum atomic E-state index is 6.95. The van der Waals surface area contributed by atoms with Gasteiger partial charge in [0.25, 0.3) is 0 Å². The zero-order valence-corrected chi connectivity index (χ0v) is 30.6. The minimum Gasteiger partial charge on any atom is -0.454 e. The predicted octanol–water partition coefficient (Wildman–Crippen LogP) is 15.6. The summed E-state index contributed by atoms with van der Waals surface area (Å²) in [5.41, 5.74) is 11.8. The lowest BCUT2D eigenvalue weighted by Gasteiger charge is -2.29. The van der Waals surface area contributed by atoms with Gasteiger partial charge < -0.3 is 9.32 Å². The number of nitrogens with zero attached hydrogens (tertiary/aromatic N) is 1. The van der Waals surface area contributed by atoms with Crippen LogP contribution >= 0.6 is 11.3 Å². The lowest BCUT2D eigenvalue weighted by Crippen LogP contribution is -2.12. The number of fused-ring (bicyclic) bond motifs is 7. The molecule has 0 unspecified atom stereocenters. The first-order valence-corrected chi connectivity index (χ1v) is 19.5. The molecule has 0 saturated heterocycles. The van der Waals surface area contributed by atoms with Gasteiger partial charge in [-0.2, -0.15) is 0 Å². The summed E-state index contributed by atoms with van der Waals surface area (Å²) in [6.45, 7) is 0. The van der Waals surface area contributed by atoms with Gasteiger partial charge in [0.1, 0.15) is 5.58 Å². The van der Waals surface area contributed by atoms with Gasteiger partial charge in [-0.15, -0.1) is 11.3 Å². The first-order chi connectivity index (χ1) is 27.3. The van der Waals surface area contributed by atoms with Crippen molar-refractivity contribution >= 4 is 81.3 Å². The monoisotopic (exact) mass is 719 g/mol. The Morgan fingerprint density at radius 3 is 1.91 bits per heavy atom. The molecule has 2 heterocycles. The quantitative estimate of drug-likeness (QED) is 0.170. The van der Waals surface area contributed by atoms with E-state index in [1.165, 1.54) is 53.2 Å². The van der Waals surface area contributed by atoms with Crippen molar-refractivity contribution in [2.45, 2.75) is 0 Å². The summed E-state index contributed by atoms with van der Waals surface area (Å²) in [5.74, 6) is 0. The van der Waals surface area contributed by atoms with E-state index in [0.29, 0.717) is 0 Å².